The van der Waals surface area contributed by atoms with Gasteiger partial charge in [-0.15, -0.1) is 0 Å². The molecule has 0 amide bonds. The van der Waals surface area contributed by atoms with E-state index in [0.29, 0.717) is 5.15 Å². The van der Waals surface area contributed by atoms with E-state index < -0.39 is 0 Å². The predicted molar refractivity (Wildman–Crippen MR) is 52.6 cm³/mol. The molecule has 66 valence electrons. The number of aromatic nitrogens is 1. The molecule has 1 rings (SSSR count). The van der Waals surface area contributed by atoms with Gasteiger partial charge in [-0.05, 0) is 30.5 Å². The zero-order chi connectivity index (χ0) is 8.97. The summed E-state index contributed by atoms with van der Waals surface area (Å²) in [7, 11) is 0. The molecule has 0 radical (unpaired) electrons. The van der Waals surface area contributed by atoms with Crippen LogP contribution in [0.25, 0.3) is 0 Å². The summed E-state index contributed by atoms with van der Waals surface area (Å²) in [5, 5.41) is 0.623. The minimum Gasteiger partial charge on any atom is -0.241 e. The first-order chi connectivity index (χ1) is 5.76. The highest BCUT2D eigenvalue weighted by Gasteiger charge is 1.98. The van der Waals surface area contributed by atoms with Crippen LogP contribution in [0.4, 0.5) is 0 Å². The first kappa shape index (κ1) is 9.53. The maximum atomic E-state index is 5.85. The fraction of sp³-hybridized carbons (Fsp3) is 0.500. The molecule has 0 saturated carbocycles. The van der Waals surface area contributed by atoms with Crippen molar-refractivity contribution in [3.05, 3.63) is 28.5 Å². The van der Waals surface area contributed by atoms with Crippen LogP contribution in [-0.2, 0) is 12.8 Å². The van der Waals surface area contributed by atoms with Crippen molar-refractivity contribution in [2.45, 2.75) is 33.1 Å². The average molecular weight is 184 g/mol. The molecule has 1 nitrogen and oxygen atoms in total. The monoisotopic (exact) mass is 183 g/mol. The van der Waals surface area contributed by atoms with Crippen LogP contribution in [0.1, 0.15) is 31.5 Å². The SMILES string of the molecule is CCCc1cc(Cl)nc(CC)c1. The summed E-state index contributed by atoms with van der Waals surface area (Å²) < 4.78 is 0. The third-order valence-electron chi connectivity index (χ3n) is 1.81. The van der Waals surface area contributed by atoms with Crippen molar-refractivity contribution >= 4 is 11.6 Å². The minimum absolute atomic E-state index is 0.623. The van der Waals surface area contributed by atoms with Crippen molar-refractivity contribution < 1.29 is 0 Å². The number of nitrogens with zero attached hydrogens (tertiary/aromatic N) is 1. The standard InChI is InChI=1S/C10H14ClN/c1-3-5-8-6-9(4-2)12-10(11)7-8/h6-7H,3-5H2,1-2H3. The molecular weight excluding hydrogens is 170 g/mol. The smallest absolute Gasteiger partial charge is 0.129 e. The Kier molecular flexibility index (Phi) is 3.54. The number of halogens is 1. The molecule has 0 unspecified atom stereocenters. The quantitative estimate of drug-likeness (QED) is 0.656. The topological polar surface area (TPSA) is 12.9 Å². The van der Waals surface area contributed by atoms with E-state index >= 15 is 0 Å². The molecule has 2 heteroatoms. The molecule has 1 aromatic heterocycles. The second-order valence-electron chi connectivity index (χ2n) is 2.89. The highest BCUT2D eigenvalue weighted by atomic mass is 35.5. The Morgan fingerprint density at radius 1 is 1.33 bits per heavy atom. The Morgan fingerprint density at radius 3 is 2.67 bits per heavy atom. The molecule has 0 aromatic carbocycles. The lowest BCUT2D eigenvalue weighted by Gasteiger charge is -2.02. The molecule has 0 aliphatic carbocycles. The lowest BCUT2D eigenvalue weighted by Crippen LogP contribution is -1.91. The Labute approximate surface area is 78.8 Å². The van der Waals surface area contributed by atoms with Crippen molar-refractivity contribution in [3.63, 3.8) is 0 Å². The molecule has 0 atom stereocenters. The molecule has 0 spiro atoms. The van der Waals surface area contributed by atoms with E-state index in [2.05, 4.69) is 24.9 Å². The minimum atomic E-state index is 0.623. The van der Waals surface area contributed by atoms with Crippen LogP contribution < -0.4 is 0 Å². The number of pyridine rings is 1. The first-order valence-corrected chi connectivity index (χ1v) is 4.79. The maximum absolute atomic E-state index is 5.85. The van der Waals surface area contributed by atoms with Crippen LogP contribution in [0, 0.1) is 0 Å². The van der Waals surface area contributed by atoms with Gasteiger partial charge in [-0.25, -0.2) is 4.98 Å². The second-order valence-corrected chi connectivity index (χ2v) is 3.28. The van der Waals surface area contributed by atoms with Gasteiger partial charge in [0.1, 0.15) is 5.15 Å². The van der Waals surface area contributed by atoms with E-state index in [0.717, 1.165) is 25.0 Å². The zero-order valence-electron chi connectivity index (χ0n) is 7.60. The van der Waals surface area contributed by atoms with Gasteiger partial charge in [-0.2, -0.15) is 0 Å². The van der Waals surface area contributed by atoms with Gasteiger partial charge in [0.15, 0.2) is 0 Å². The molecule has 1 aromatic rings. The third-order valence-corrected chi connectivity index (χ3v) is 2.00. The molecular formula is C10H14ClN. The van der Waals surface area contributed by atoms with Crippen LogP contribution in [0.15, 0.2) is 12.1 Å². The van der Waals surface area contributed by atoms with Crippen molar-refractivity contribution in [1.29, 1.82) is 0 Å². The van der Waals surface area contributed by atoms with Crippen molar-refractivity contribution in [3.8, 4) is 0 Å². The third kappa shape index (κ3) is 2.49. The summed E-state index contributed by atoms with van der Waals surface area (Å²) in [6, 6.07) is 4.08. The van der Waals surface area contributed by atoms with E-state index in [1.807, 2.05) is 6.07 Å². The molecule has 0 saturated heterocycles. The molecule has 0 aliphatic heterocycles. The second kappa shape index (κ2) is 4.46. The Morgan fingerprint density at radius 2 is 2.08 bits per heavy atom. The normalized spacial score (nSPS) is 10.2. The van der Waals surface area contributed by atoms with E-state index in [1.54, 1.807) is 0 Å². The highest BCUT2D eigenvalue weighted by Crippen LogP contribution is 2.12. The van der Waals surface area contributed by atoms with E-state index in [-0.39, 0.29) is 0 Å². The van der Waals surface area contributed by atoms with Gasteiger partial charge < -0.3 is 0 Å². The number of hydrogen-bond donors (Lipinski definition) is 0. The van der Waals surface area contributed by atoms with E-state index in [1.165, 1.54) is 5.56 Å². The summed E-state index contributed by atoms with van der Waals surface area (Å²) in [5.74, 6) is 0. The fourth-order valence-corrected chi connectivity index (χ4v) is 1.47. The predicted octanol–water partition coefficient (Wildman–Crippen LogP) is 3.25. The van der Waals surface area contributed by atoms with Crippen molar-refractivity contribution in [2.75, 3.05) is 0 Å². The van der Waals surface area contributed by atoms with Crippen LogP contribution in [0.5, 0.6) is 0 Å². The summed E-state index contributed by atoms with van der Waals surface area (Å²) in [6.45, 7) is 4.26. The molecule has 0 aliphatic rings. The van der Waals surface area contributed by atoms with Crippen LogP contribution in [-0.4, -0.2) is 4.98 Å². The lowest BCUT2D eigenvalue weighted by molar-refractivity contribution is 0.906. The summed E-state index contributed by atoms with van der Waals surface area (Å²) in [5.41, 5.74) is 2.39. The van der Waals surface area contributed by atoms with Gasteiger partial charge in [0.05, 0.1) is 0 Å². The van der Waals surface area contributed by atoms with Gasteiger partial charge >= 0.3 is 0 Å². The van der Waals surface area contributed by atoms with Crippen LogP contribution >= 0.6 is 11.6 Å². The molecule has 1 heterocycles. The van der Waals surface area contributed by atoms with Crippen molar-refractivity contribution in [1.82, 2.24) is 4.98 Å². The Hall–Kier alpha value is -0.560. The molecule has 0 N–H and O–H groups in total. The van der Waals surface area contributed by atoms with Gasteiger partial charge in [0.25, 0.3) is 0 Å². The highest BCUT2D eigenvalue weighted by molar-refractivity contribution is 6.29. The van der Waals surface area contributed by atoms with Gasteiger partial charge in [0, 0.05) is 5.69 Å². The van der Waals surface area contributed by atoms with Gasteiger partial charge in [-0.1, -0.05) is 31.9 Å². The molecule has 12 heavy (non-hydrogen) atoms. The van der Waals surface area contributed by atoms with Crippen molar-refractivity contribution in [2.24, 2.45) is 0 Å². The van der Waals surface area contributed by atoms with Crippen LogP contribution in [0.2, 0.25) is 5.15 Å². The lowest BCUT2D eigenvalue weighted by atomic mass is 10.1. The summed E-state index contributed by atoms with van der Waals surface area (Å²) in [4.78, 5) is 4.20. The first-order valence-electron chi connectivity index (χ1n) is 4.41. The molecule has 0 bridgehead atoms. The average Bonchev–Trinajstić information content (AvgIpc) is 2.04. The number of rotatable bonds is 3. The molecule has 0 fully saturated rings. The van der Waals surface area contributed by atoms with E-state index in [9.17, 15) is 0 Å². The van der Waals surface area contributed by atoms with Crippen LogP contribution in [0.3, 0.4) is 0 Å². The summed E-state index contributed by atoms with van der Waals surface area (Å²) >= 11 is 5.85. The van der Waals surface area contributed by atoms with E-state index in [4.69, 9.17) is 11.6 Å². The Bertz CT molecular complexity index is 258. The largest absolute Gasteiger partial charge is 0.241 e. The van der Waals surface area contributed by atoms with Gasteiger partial charge in [-0.3, -0.25) is 0 Å². The maximum Gasteiger partial charge on any atom is 0.129 e. The number of hydrogen-bond acceptors (Lipinski definition) is 1. The number of aryl methyl sites for hydroxylation is 2. The summed E-state index contributed by atoms with van der Waals surface area (Å²) in [6.07, 6.45) is 3.20. The fourth-order valence-electron chi connectivity index (χ4n) is 1.22. The zero-order valence-corrected chi connectivity index (χ0v) is 8.36. The Balaban J connectivity index is 2.90. The van der Waals surface area contributed by atoms with Gasteiger partial charge in [0.2, 0.25) is 0 Å².